The van der Waals surface area contributed by atoms with Crippen molar-refractivity contribution in [2.24, 2.45) is 5.92 Å². The third-order valence-electron chi connectivity index (χ3n) is 22.8. The van der Waals surface area contributed by atoms with Crippen molar-refractivity contribution in [3.63, 3.8) is 0 Å². The number of imidazole rings is 1. The van der Waals surface area contributed by atoms with E-state index >= 15 is 17.6 Å². The molecular formula is C95H109F8N19O10S4. The van der Waals surface area contributed by atoms with Gasteiger partial charge in [-0.3, -0.25) is 9.80 Å². The summed E-state index contributed by atoms with van der Waals surface area (Å²) >= 11 is 0. The highest BCUT2D eigenvalue weighted by Gasteiger charge is 2.33. The highest BCUT2D eigenvalue weighted by molar-refractivity contribution is 7.91. The Morgan fingerprint density at radius 2 is 0.801 bits per heavy atom. The maximum atomic E-state index is 15.3. The number of hydrogen-bond donors (Lipinski definition) is 0. The van der Waals surface area contributed by atoms with Gasteiger partial charge < -0.3 is 28.7 Å². The molecule has 13 aromatic rings. The van der Waals surface area contributed by atoms with Crippen molar-refractivity contribution < 1.29 is 78.3 Å². The Kier molecular flexibility index (Phi) is 33.8. The number of piperazine rings is 1. The van der Waals surface area contributed by atoms with Crippen molar-refractivity contribution in [1.29, 1.82) is 0 Å². The molecule has 0 amide bonds. The Hall–Kier alpha value is -12.0. The second-order valence-corrected chi connectivity index (χ2v) is 42.7. The number of ether oxygens (including phenoxy) is 2. The maximum absolute atomic E-state index is 15.3. The average Bonchev–Trinajstić information content (AvgIpc) is 1.61. The summed E-state index contributed by atoms with van der Waals surface area (Å²) in [6, 6.07) is 40.1. The van der Waals surface area contributed by atoms with E-state index in [1.807, 2.05) is 128 Å². The fourth-order valence-corrected chi connectivity index (χ4v) is 22.0. The molecular weight excluding hydrogens is 1850 g/mol. The molecule has 2 saturated heterocycles. The van der Waals surface area contributed by atoms with Gasteiger partial charge in [0.2, 0.25) is 0 Å². The number of likely N-dealkylation sites (N-methyl/N-ethyl adjacent to an activating group) is 2. The normalized spacial score (nSPS) is 14.0. The first-order valence-corrected chi connectivity index (χ1v) is 51.8. The van der Waals surface area contributed by atoms with Gasteiger partial charge in [-0.25, -0.2) is 92.5 Å². The lowest BCUT2D eigenvalue weighted by molar-refractivity contribution is 0.0393. The smallest absolute Gasteiger partial charge is 0.156 e. The first-order chi connectivity index (χ1) is 65.0. The lowest BCUT2D eigenvalue weighted by Crippen LogP contribution is -2.47. The molecule has 3 fully saturated rings. The fraction of sp³-hybridized carbons (Fsp3) is 0.379. The van der Waals surface area contributed by atoms with E-state index in [0.717, 1.165) is 178 Å². The molecule has 0 N–H and O–H groups in total. The Morgan fingerprint density at radius 1 is 0.441 bits per heavy atom. The van der Waals surface area contributed by atoms with Crippen molar-refractivity contribution in [2.75, 3.05) is 138 Å². The predicted molar refractivity (Wildman–Crippen MR) is 507 cm³/mol. The molecule has 5 aromatic heterocycles. The van der Waals surface area contributed by atoms with Crippen LogP contribution in [0, 0.1) is 59.4 Å². The van der Waals surface area contributed by atoms with Crippen LogP contribution in [0.4, 0.5) is 52.2 Å². The predicted octanol–water partition coefficient (Wildman–Crippen LogP) is 15.0. The molecule has 1 saturated carbocycles. The highest BCUT2D eigenvalue weighted by Crippen LogP contribution is 2.35. The van der Waals surface area contributed by atoms with Crippen molar-refractivity contribution in [2.45, 2.75) is 103 Å². The number of aryl methyl sites for hydroxylation is 1. The van der Waals surface area contributed by atoms with E-state index < -0.39 is 132 Å². The number of aromatic nitrogens is 14. The van der Waals surface area contributed by atoms with E-state index in [4.69, 9.17) is 9.47 Å². The summed E-state index contributed by atoms with van der Waals surface area (Å²) in [6.07, 6.45) is 13.2. The Labute approximate surface area is 786 Å². The van der Waals surface area contributed by atoms with E-state index in [2.05, 4.69) is 71.9 Å². The molecule has 41 heteroatoms. The number of hydrogen-bond acceptors (Lipinski definition) is 24. The number of nitrogens with zero attached hydrogens (tertiary/aromatic N) is 19. The van der Waals surface area contributed by atoms with Gasteiger partial charge in [-0.05, 0) is 118 Å². The van der Waals surface area contributed by atoms with Crippen LogP contribution in [0.2, 0.25) is 0 Å². The van der Waals surface area contributed by atoms with Crippen LogP contribution < -0.4 is 14.7 Å². The molecule has 0 bridgehead atoms. The summed E-state index contributed by atoms with van der Waals surface area (Å²) in [5, 5.41) is 32.1. The molecule has 0 spiro atoms. The van der Waals surface area contributed by atoms with E-state index in [9.17, 15) is 51.2 Å². The Balaban J connectivity index is 0.000000154. The van der Waals surface area contributed by atoms with Crippen LogP contribution >= 0.6 is 0 Å². The molecule has 3 aliphatic rings. The Morgan fingerprint density at radius 3 is 1.16 bits per heavy atom. The standard InChI is InChI=1S/C26H31F2N5O2S.C25H31F2N5O3S.C22H21F2N5O2S.C22H26F2N4O3S/c1-18(2)16-36(34,35)17-20-6-9-23(27)26(25(20)28)33-15-24(29-30-33)19-4-3-5-22(14-19)32-12-10-31(11-13-32)21-7-8-21;1-3-15-36(33,34)18-20-7-8-22(26)25(24(20)27)32-17-23(28-29-32)19-5-4-6-21(16-19)30(2)9-10-31-11-13-35-14-12-31;1-3-9-32(30,31)13-17-7-8-19(23)22(21(17)24)29-12-20(26-27-29)16-5-4-6-18(10-16)28-11-15(2)25-14-28;1-4-12-32(29,30)15-17-8-9-19(23)22(21(17)24)28-14-20(25-26-28)16-6-5-7-18(13-16)27(2)10-11-31-3/h3-6,9,14-15,18,21H,7-8,10-13,16-17H2,1-2H3;4-8,16-17H,3,9-15,18H2,1-2H3;4-8,10-12,14H,3,9,13H2,1-2H3;5-9,13-14H,4,10-12,15H2,1-3H3. The first-order valence-electron chi connectivity index (χ1n) is 44.5. The second-order valence-electron chi connectivity index (χ2n) is 34.1. The minimum atomic E-state index is -3.54. The topological polar surface area (TPSA) is 312 Å². The van der Waals surface area contributed by atoms with Gasteiger partial charge in [0.15, 0.2) is 85.9 Å². The highest BCUT2D eigenvalue weighted by atomic mass is 32.2. The molecule has 136 heavy (non-hydrogen) atoms. The van der Waals surface area contributed by atoms with Crippen LogP contribution in [0.1, 0.15) is 94.7 Å². The van der Waals surface area contributed by atoms with Crippen molar-refractivity contribution >= 4 is 56.4 Å². The van der Waals surface area contributed by atoms with Crippen LogP contribution in [0.25, 0.3) is 73.5 Å². The molecule has 29 nitrogen and oxygen atoms in total. The maximum Gasteiger partial charge on any atom is 0.156 e. The SMILES string of the molecule is CC(C)CS(=O)(=O)Cc1ccc(F)c(-n2cc(-c3cccc(N4CCN(C5CC5)CC4)c3)nn2)c1F.CCCS(=O)(=O)Cc1ccc(F)c(-n2cc(-c3cccc(-n4cnc(C)c4)c3)nn2)c1F.CCCS(=O)(=O)Cc1ccc(F)c(-n2cc(-c3cccc(N(C)CCN4CCOCC4)c3)nn2)c1F.CCCS(=O)(=O)Cc1ccc(F)c(-n2cc(-c3cccc(N(C)CCOC)c3)nn2)c1F. The van der Waals surface area contributed by atoms with E-state index in [1.54, 1.807) is 48.1 Å². The van der Waals surface area contributed by atoms with Gasteiger partial charge in [0, 0.05) is 160 Å². The molecule has 0 unspecified atom stereocenters. The third kappa shape index (κ3) is 26.4. The van der Waals surface area contributed by atoms with Crippen LogP contribution in [0.15, 0.2) is 183 Å². The van der Waals surface area contributed by atoms with E-state index in [-0.39, 0.29) is 51.2 Å². The minimum absolute atomic E-state index is 0.0656. The number of halogens is 8. The molecule has 0 atom stereocenters. The van der Waals surface area contributed by atoms with Crippen molar-refractivity contribution in [1.82, 2.24) is 79.3 Å². The van der Waals surface area contributed by atoms with Gasteiger partial charge in [-0.1, -0.05) is 128 Å². The van der Waals surface area contributed by atoms with Crippen LogP contribution in [0.3, 0.4) is 0 Å². The summed E-state index contributed by atoms with van der Waals surface area (Å²) in [4.78, 5) is 15.6. The van der Waals surface area contributed by atoms with Gasteiger partial charge in [-0.2, -0.15) is 0 Å². The summed E-state index contributed by atoms with van der Waals surface area (Å²) in [7, 11) is -8.47. The van der Waals surface area contributed by atoms with Crippen LogP contribution in [0.5, 0.6) is 0 Å². The molecule has 724 valence electrons. The fourth-order valence-electron chi connectivity index (χ4n) is 15.7. The molecule has 16 rings (SSSR count). The van der Waals surface area contributed by atoms with Crippen LogP contribution in [-0.2, 0) is 71.8 Å². The zero-order chi connectivity index (χ0) is 97.3. The quantitative estimate of drug-likeness (QED) is 0.0333. The first kappa shape index (κ1) is 101. The third-order valence-corrected chi connectivity index (χ3v) is 30.1. The number of benzene rings is 8. The number of anilines is 3. The van der Waals surface area contributed by atoms with Crippen molar-refractivity contribution in [3.05, 3.63) is 257 Å². The Bertz CT molecular complexity index is 6800. The van der Waals surface area contributed by atoms with E-state index in [1.165, 1.54) is 43.7 Å². The number of methoxy groups -OCH3 is 1. The van der Waals surface area contributed by atoms with Crippen molar-refractivity contribution in [3.8, 4) is 73.5 Å². The monoisotopic (exact) mass is 1960 g/mol. The number of sulfone groups is 4. The minimum Gasteiger partial charge on any atom is -0.383 e. The summed E-state index contributed by atoms with van der Waals surface area (Å²) < 4.78 is 233. The molecule has 0 radical (unpaired) electrons. The summed E-state index contributed by atoms with van der Waals surface area (Å²) in [6.45, 7) is 21.0. The number of morpholine rings is 1. The lowest BCUT2D eigenvalue weighted by Gasteiger charge is -2.36. The number of rotatable bonds is 35. The zero-order valence-electron chi connectivity index (χ0n) is 76.9. The second kappa shape index (κ2) is 45.3. The van der Waals surface area contributed by atoms with Crippen LogP contribution in [-0.4, -0.2) is 242 Å². The summed E-state index contributed by atoms with van der Waals surface area (Å²) in [5.41, 5.74) is 7.22. The lowest BCUT2D eigenvalue weighted by atomic mass is 10.1. The van der Waals surface area contributed by atoms with Gasteiger partial charge in [0.1, 0.15) is 45.5 Å². The molecule has 2 aliphatic heterocycles. The zero-order valence-corrected chi connectivity index (χ0v) is 80.2. The van der Waals surface area contributed by atoms with E-state index in [0.29, 0.717) is 60.8 Å². The summed E-state index contributed by atoms with van der Waals surface area (Å²) in [5.74, 6) is -9.61. The van der Waals surface area contributed by atoms with Gasteiger partial charge in [0.25, 0.3) is 0 Å². The van der Waals surface area contributed by atoms with Gasteiger partial charge in [-0.15, -0.1) is 20.4 Å². The van der Waals surface area contributed by atoms with Gasteiger partial charge in [0.05, 0.1) is 103 Å². The van der Waals surface area contributed by atoms with Gasteiger partial charge >= 0.3 is 0 Å². The molecule has 7 heterocycles. The average molecular weight is 1960 g/mol. The molecule has 1 aliphatic carbocycles. The largest absolute Gasteiger partial charge is 0.383 e. The molecule has 8 aromatic carbocycles.